The number of cyclic esters (lactones) is 1. The highest BCUT2D eigenvalue weighted by atomic mass is 31.2. The number of hydrogen-bond donors (Lipinski definition) is 3. The number of aliphatic hydroxyl groups excluding tert-OH is 1. The van der Waals surface area contributed by atoms with Crippen LogP contribution in [0.1, 0.15) is 22.3 Å². The zero-order valence-corrected chi connectivity index (χ0v) is 18.5. The van der Waals surface area contributed by atoms with E-state index in [9.17, 15) is 14.5 Å². The predicted molar refractivity (Wildman–Crippen MR) is 113 cm³/mol. The fraction of sp³-hybridized carbons (Fsp3) is 0.318. The summed E-state index contributed by atoms with van der Waals surface area (Å²) in [4.78, 5) is 30.8. The minimum absolute atomic E-state index is 0.0372. The van der Waals surface area contributed by atoms with Crippen LogP contribution in [0.3, 0.4) is 0 Å². The van der Waals surface area contributed by atoms with E-state index in [1.54, 1.807) is 0 Å². The van der Waals surface area contributed by atoms with Gasteiger partial charge < -0.3 is 29.1 Å². The maximum Gasteiger partial charge on any atom is 0.470 e. The molecular weight excluding hydrogens is 439 g/mol. The normalized spacial score (nSPS) is 17.3. The summed E-state index contributed by atoms with van der Waals surface area (Å²) in [7, 11) is -4.98. The summed E-state index contributed by atoms with van der Waals surface area (Å²) in [5, 5.41) is 9.62. The molecule has 0 aliphatic carbocycles. The number of benzene rings is 2. The van der Waals surface area contributed by atoms with E-state index in [1.165, 1.54) is 0 Å². The van der Waals surface area contributed by atoms with Crippen molar-refractivity contribution in [3.63, 3.8) is 0 Å². The van der Waals surface area contributed by atoms with Crippen LogP contribution in [0.4, 0.5) is 0 Å². The second kappa shape index (κ2) is 10.3. The lowest BCUT2D eigenvalue weighted by atomic mass is 10.1. The first-order chi connectivity index (χ1) is 15.2. The number of phosphoric acid groups is 1. The van der Waals surface area contributed by atoms with Crippen molar-refractivity contribution in [1.29, 1.82) is 0 Å². The smallest absolute Gasteiger partial charge is 0.470 e. The summed E-state index contributed by atoms with van der Waals surface area (Å²) in [5.74, 6) is -1.22. The zero-order valence-electron chi connectivity index (χ0n) is 17.6. The fourth-order valence-corrected chi connectivity index (χ4v) is 3.79. The molecule has 2 atom stereocenters. The molecule has 0 amide bonds. The van der Waals surface area contributed by atoms with Gasteiger partial charge in [-0.15, -0.1) is 0 Å². The van der Waals surface area contributed by atoms with E-state index in [4.69, 9.17) is 24.0 Å². The van der Waals surface area contributed by atoms with Crippen molar-refractivity contribution in [3.05, 3.63) is 82.3 Å². The van der Waals surface area contributed by atoms with Crippen LogP contribution in [-0.4, -0.2) is 39.7 Å². The molecule has 1 aliphatic rings. The maximum absolute atomic E-state index is 12.5. The quantitative estimate of drug-likeness (QED) is 0.359. The standard InChI is InChI=1S/C22H25O9P/c1-14-5-3-7-16(9-14)12-28-20-19(18(11-23)31-32(25,26)27)30-22(24)21(20)29-13-17-8-4-6-15(2)10-17/h3-10,18-19,23H,11-13H2,1-2H3,(H2,25,26,27). The van der Waals surface area contributed by atoms with Crippen LogP contribution < -0.4 is 0 Å². The molecule has 1 aliphatic heterocycles. The fourth-order valence-electron chi connectivity index (χ4n) is 3.26. The first kappa shape index (κ1) is 24.0. The minimum atomic E-state index is -4.98. The molecule has 3 rings (SSSR count). The van der Waals surface area contributed by atoms with E-state index in [0.717, 1.165) is 22.3 Å². The summed E-state index contributed by atoms with van der Waals surface area (Å²) >= 11 is 0. The Morgan fingerprint density at radius 3 is 2.06 bits per heavy atom. The van der Waals surface area contributed by atoms with Crippen LogP contribution in [0, 0.1) is 13.8 Å². The number of aryl methyl sites for hydroxylation is 2. The number of esters is 1. The van der Waals surface area contributed by atoms with Gasteiger partial charge in [-0.2, -0.15) is 0 Å². The van der Waals surface area contributed by atoms with Crippen molar-refractivity contribution in [2.45, 2.75) is 39.3 Å². The number of ether oxygens (including phenoxy) is 3. The summed E-state index contributed by atoms with van der Waals surface area (Å²) in [6.45, 7) is 3.09. The average Bonchev–Trinajstić information content (AvgIpc) is 3.03. The molecule has 0 saturated carbocycles. The lowest BCUT2D eigenvalue weighted by Gasteiger charge is -2.23. The van der Waals surface area contributed by atoms with Gasteiger partial charge in [0.1, 0.15) is 19.3 Å². The SMILES string of the molecule is Cc1cccc(COC2=C(OCc3cccc(C)c3)C(C(CO)OP(=O)(O)O)OC2=O)c1. The molecule has 0 bridgehead atoms. The molecule has 2 aromatic carbocycles. The van der Waals surface area contributed by atoms with Crippen LogP contribution in [-0.2, 0) is 41.3 Å². The molecule has 0 spiro atoms. The van der Waals surface area contributed by atoms with Gasteiger partial charge in [0.15, 0.2) is 11.9 Å². The molecule has 2 unspecified atom stereocenters. The molecule has 172 valence electrons. The average molecular weight is 464 g/mol. The number of hydrogen-bond acceptors (Lipinski definition) is 7. The van der Waals surface area contributed by atoms with E-state index in [-0.39, 0.29) is 24.7 Å². The molecule has 0 aromatic heterocycles. The summed E-state index contributed by atoms with van der Waals surface area (Å²) in [6.07, 6.45) is -2.94. The number of carbonyl (C=O) groups is 1. The Kier molecular flexibility index (Phi) is 7.71. The topological polar surface area (TPSA) is 132 Å². The molecule has 0 fully saturated rings. The molecule has 32 heavy (non-hydrogen) atoms. The van der Waals surface area contributed by atoms with Crippen molar-refractivity contribution in [2.24, 2.45) is 0 Å². The Bertz CT molecular complexity index is 1040. The first-order valence-corrected chi connectivity index (χ1v) is 11.4. The molecule has 2 aromatic rings. The summed E-state index contributed by atoms with van der Waals surface area (Å²) < 4.78 is 32.7. The highest BCUT2D eigenvalue weighted by Crippen LogP contribution is 2.41. The number of carbonyl (C=O) groups excluding carboxylic acids is 1. The van der Waals surface area contributed by atoms with Gasteiger partial charge in [0, 0.05) is 0 Å². The molecule has 0 radical (unpaired) electrons. The van der Waals surface area contributed by atoms with Crippen molar-refractivity contribution in [2.75, 3.05) is 6.61 Å². The van der Waals surface area contributed by atoms with E-state index in [2.05, 4.69) is 4.52 Å². The molecular formula is C22H25O9P. The van der Waals surface area contributed by atoms with Crippen LogP contribution in [0.15, 0.2) is 60.0 Å². The third kappa shape index (κ3) is 6.41. The van der Waals surface area contributed by atoms with Crippen LogP contribution in [0.25, 0.3) is 0 Å². The van der Waals surface area contributed by atoms with E-state index < -0.39 is 32.6 Å². The molecule has 9 nitrogen and oxygen atoms in total. The van der Waals surface area contributed by atoms with Gasteiger partial charge in [-0.05, 0) is 25.0 Å². The van der Waals surface area contributed by atoms with E-state index >= 15 is 0 Å². The van der Waals surface area contributed by atoms with Crippen LogP contribution in [0.2, 0.25) is 0 Å². The van der Waals surface area contributed by atoms with Gasteiger partial charge in [-0.1, -0.05) is 59.7 Å². The van der Waals surface area contributed by atoms with E-state index in [0.29, 0.717) is 0 Å². The van der Waals surface area contributed by atoms with Crippen molar-refractivity contribution >= 4 is 13.8 Å². The lowest BCUT2D eigenvalue weighted by Crippen LogP contribution is -2.34. The number of rotatable bonds is 10. The van der Waals surface area contributed by atoms with Crippen molar-refractivity contribution in [3.8, 4) is 0 Å². The monoisotopic (exact) mass is 464 g/mol. The van der Waals surface area contributed by atoms with Crippen molar-refractivity contribution < 1.29 is 43.0 Å². The number of phosphoric ester groups is 1. The second-order valence-corrected chi connectivity index (χ2v) is 8.58. The van der Waals surface area contributed by atoms with Gasteiger partial charge >= 0.3 is 13.8 Å². The van der Waals surface area contributed by atoms with Crippen molar-refractivity contribution in [1.82, 2.24) is 0 Å². The molecule has 1 heterocycles. The summed E-state index contributed by atoms with van der Waals surface area (Å²) in [6, 6.07) is 15.0. The van der Waals surface area contributed by atoms with Gasteiger partial charge in [0.25, 0.3) is 0 Å². The van der Waals surface area contributed by atoms with Gasteiger partial charge in [0.2, 0.25) is 5.76 Å². The Balaban J connectivity index is 1.88. The highest BCUT2D eigenvalue weighted by molar-refractivity contribution is 7.46. The Labute approximate surface area is 185 Å². The number of aliphatic hydroxyl groups is 1. The second-order valence-electron chi connectivity index (χ2n) is 7.39. The highest BCUT2D eigenvalue weighted by Gasteiger charge is 2.45. The third-order valence-electron chi connectivity index (χ3n) is 4.63. The van der Waals surface area contributed by atoms with E-state index in [1.807, 2.05) is 62.4 Å². The first-order valence-electron chi connectivity index (χ1n) is 9.83. The summed E-state index contributed by atoms with van der Waals surface area (Å²) in [5.41, 5.74) is 3.62. The molecule has 3 N–H and O–H groups in total. The largest absolute Gasteiger partial charge is 0.485 e. The maximum atomic E-state index is 12.5. The van der Waals surface area contributed by atoms with Gasteiger partial charge in [-0.3, -0.25) is 4.52 Å². The Morgan fingerprint density at radius 2 is 1.56 bits per heavy atom. The Morgan fingerprint density at radius 1 is 1.00 bits per heavy atom. The zero-order chi connectivity index (χ0) is 23.3. The molecule has 10 heteroatoms. The minimum Gasteiger partial charge on any atom is -0.485 e. The predicted octanol–water partition coefficient (Wildman–Crippen LogP) is 2.64. The Hall–Kier alpha value is -2.68. The van der Waals surface area contributed by atoms with Gasteiger partial charge in [0.05, 0.1) is 6.61 Å². The van der Waals surface area contributed by atoms with Crippen LogP contribution in [0.5, 0.6) is 0 Å². The lowest BCUT2D eigenvalue weighted by molar-refractivity contribution is -0.148. The third-order valence-corrected chi connectivity index (χ3v) is 5.18. The molecule has 0 saturated heterocycles. The van der Waals surface area contributed by atoms with Crippen LogP contribution >= 0.6 is 7.82 Å². The van der Waals surface area contributed by atoms with Gasteiger partial charge in [-0.25, -0.2) is 9.36 Å².